The molecule has 8 heteroatoms. The van der Waals surface area contributed by atoms with Gasteiger partial charge in [-0.2, -0.15) is 0 Å². The van der Waals surface area contributed by atoms with Crippen molar-refractivity contribution in [2.75, 3.05) is 12.3 Å². The Kier molecular flexibility index (Phi) is 4.22. The Morgan fingerprint density at radius 2 is 2.06 bits per heavy atom. The number of sulfonamides is 1. The minimum Gasteiger partial charge on any atom is -0.398 e. The smallest absolute Gasteiger partial charge is 0.251 e. The maximum absolute atomic E-state index is 11.9. The lowest BCUT2D eigenvalue weighted by Crippen LogP contribution is -2.28. The summed E-state index contributed by atoms with van der Waals surface area (Å²) in [5.74, 6) is 0. The maximum atomic E-state index is 11.9. The first-order valence-corrected chi connectivity index (χ1v) is 6.43. The molecule has 0 aliphatic rings. The molecular formula is C8H9BrF2N2O2S. The summed E-state index contributed by atoms with van der Waals surface area (Å²) in [7, 11) is -3.93. The third kappa shape index (κ3) is 3.39. The van der Waals surface area contributed by atoms with E-state index in [1.807, 2.05) is 0 Å². The lowest BCUT2D eigenvalue weighted by atomic mass is 10.3. The predicted octanol–water partition coefficient (Wildman–Crippen LogP) is 1.57. The number of benzene rings is 1. The van der Waals surface area contributed by atoms with Gasteiger partial charge in [-0.05, 0) is 34.1 Å². The predicted molar refractivity (Wildman–Crippen MR) is 59.7 cm³/mol. The van der Waals surface area contributed by atoms with Crippen molar-refractivity contribution in [1.82, 2.24) is 4.72 Å². The molecule has 0 bridgehead atoms. The number of rotatable bonds is 4. The van der Waals surface area contributed by atoms with Crippen LogP contribution < -0.4 is 10.5 Å². The summed E-state index contributed by atoms with van der Waals surface area (Å²) in [5, 5.41) is 0. The minimum atomic E-state index is -3.93. The molecule has 1 aromatic rings. The first kappa shape index (κ1) is 13.3. The van der Waals surface area contributed by atoms with Crippen LogP contribution in [-0.2, 0) is 10.0 Å². The lowest BCUT2D eigenvalue weighted by molar-refractivity contribution is 0.153. The maximum Gasteiger partial charge on any atom is 0.251 e. The largest absolute Gasteiger partial charge is 0.398 e. The third-order valence-corrected chi connectivity index (χ3v) is 3.85. The topological polar surface area (TPSA) is 72.2 Å². The van der Waals surface area contributed by atoms with Gasteiger partial charge < -0.3 is 5.73 Å². The molecule has 0 atom stereocenters. The number of nitrogens with one attached hydrogen (secondary N) is 1. The fraction of sp³-hybridized carbons (Fsp3) is 0.250. The number of nitrogen functional groups attached to an aromatic ring is 1. The van der Waals surface area contributed by atoms with Gasteiger partial charge in [0.05, 0.1) is 11.4 Å². The van der Waals surface area contributed by atoms with E-state index < -0.39 is 23.0 Å². The zero-order chi connectivity index (χ0) is 12.3. The standard InChI is InChI=1S/C8H9BrF2N2O2S/c9-6-2-1-5(3-7(6)12)16(14,15)13-4-8(10)11/h1-3,8,13H,4,12H2. The van der Waals surface area contributed by atoms with Crippen LogP contribution in [-0.4, -0.2) is 21.4 Å². The van der Waals surface area contributed by atoms with Crippen molar-refractivity contribution in [3.63, 3.8) is 0 Å². The molecule has 0 aromatic heterocycles. The Hall–Kier alpha value is -0.730. The van der Waals surface area contributed by atoms with Crippen LogP contribution in [0.2, 0.25) is 0 Å². The van der Waals surface area contributed by atoms with Crippen molar-refractivity contribution < 1.29 is 17.2 Å². The lowest BCUT2D eigenvalue weighted by Gasteiger charge is -2.07. The van der Waals surface area contributed by atoms with Gasteiger partial charge in [0.15, 0.2) is 0 Å². The average molecular weight is 315 g/mol. The Balaban J connectivity index is 2.94. The van der Waals surface area contributed by atoms with E-state index in [0.717, 1.165) is 0 Å². The number of hydrogen-bond donors (Lipinski definition) is 2. The summed E-state index contributed by atoms with van der Waals surface area (Å²) in [4.78, 5) is -0.145. The zero-order valence-corrected chi connectivity index (χ0v) is 10.4. The molecule has 0 saturated carbocycles. The molecule has 1 rings (SSSR count). The van der Waals surface area contributed by atoms with Gasteiger partial charge in [-0.25, -0.2) is 21.9 Å². The molecule has 0 radical (unpaired) electrons. The second kappa shape index (κ2) is 5.07. The second-order valence-electron chi connectivity index (χ2n) is 2.93. The molecule has 0 aliphatic heterocycles. The number of alkyl halides is 2. The van der Waals surface area contributed by atoms with Crippen LogP contribution in [0.4, 0.5) is 14.5 Å². The molecule has 0 amide bonds. The van der Waals surface area contributed by atoms with Crippen molar-refractivity contribution in [3.8, 4) is 0 Å². The van der Waals surface area contributed by atoms with E-state index in [-0.39, 0.29) is 10.6 Å². The summed E-state index contributed by atoms with van der Waals surface area (Å²) in [5.41, 5.74) is 5.71. The molecule has 16 heavy (non-hydrogen) atoms. The molecule has 0 saturated heterocycles. The Morgan fingerprint density at radius 1 is 1.44 bits per heavy atom. The quantitative estimate of drug-likeness (QED) is 0.829. The van der Waals surface area contributed by atoms with Crippen LogP contribution in [0.3, 0.4) is 0 Å². The van der Waals surface area contributed by atoms with E-state index in [0.29, 0.717) is 4.47 Å². The summed E-state index contributed by atoms with van der Waals surface area (Å²) in [6.45, 7) is -0.918. The van der Waals surface area contributed by atoms with Crippen LogP contribution >= 0.6 is 15.9 Å². The first-order valence-electron chi connectivity index (χ1n) is 4.16. The van der Waals surface area contributed by atoms with E-state index >= 15 is 0 Å². The first-order chi connectivity index (χ1) is 7.33. The molecule has 0 heterocycles. The SMILES string of the molecule is Nc1cc(S(=O)(=O)NCC(F)F)ccc1Br. The zero-order valence-electron chi connectivity index (χ0n) is 7.95. The monoisotopic (exact) mass is 314 g/mol. The van der Waals surface area contributed by atoms with E-state index in [9.17, 15) is 17.2 Å². The minimum absolute atomic E-state index is 0.145. The number of nitrogens with two attached hydrogens (primary N) is 1. The van der Waals surface area contributed by atoms with E-state index in [2.05, 4.69) is 15.9 Å². The van der Waals surface area contributed by atoms with Gasteiger partial charge in [-0.3, -0.25) is 0 Å². The number of halogens is 3. The highest BCUT2D eigenvalue weighted by molar-refractivity contribution is 9.10. The molecule has 4 nitrogen and oxygen atoms in total. The van der Waals surface area contributed by atoms with E-state index in [1.54, 1.807) is 4.72 Å². The van der Waals surface area contributed by atoms with Crippen molar-refractivity contribution in [2.24, 2.45) is 0 Å². The molecular weight excluding hydrogens is 306 g/mol. The highest BCUT2D eigenvalue weighted by atomic mass is 79.9. The van der Waals surface area contributed by atoms with Crippen molar-refractivity contribution >= 4 is 31.6 Å². The second-order valence-corrected chi connectivity index (χ2v) is 5.55. The van der Waals surface area contributed by atoms with E-state index in [4.69, 9.17) is 5.73 Å². The summed E-state index contributed by atoms with van der Waals surface area (Å²) < 4.78 is 49.0. The Bertz CT molecular complexity index is 479. The number of hydrogen-bond acceptors (Lipinski definition) is 3. The number of anilines is 1. The highest BCUT2D eigenvalue weighted by Gasteiger charge is 2.16. The Labute approximate surface area is 100 Å². The molecule has 3 N–H and O–H groups in total. The normalized spacial score (nSPS) is 12.0. The average Bonchev–Trinajstić information content (AvgIpc) is 2.19. The van der Waals surface area contributed by atoms with Crippen LogP contribution in [0, 0.1) is 0 Å². The molecule has 0 fully saturated rings. The van der Waals surface area contributed by atoms with Crippen LogP contribution in [0.1, 0.15) is 0 Å². The van der Waals surface area contributed by atoms with Gasteiger partial charge in [-0.1, -0.05) is 0 Å². The fourth-order valence-corrected chi connectivity index (χ4v) is 2.23. The molecule has 0 spiro atoms. The Morgan fingerprint density at radius 3 is 2.56 bits per heavy atom. The van der Waals surface area contributed by atoms with Gasteiger partial charge in [0.2, 0.25) is 10.0 Å². The summed E-state index contributed by atoms with van der Waals surface area (Å²) in [6.07, 6.45) is -2.73. The molecule has 90 valence electrons. The van der Waals surface area contributed by atoms with Crippen molar-refractivity contribution in [1.29, 1.82) is 0 Å². The van der Waals surface area contributed by atoms with Gasteiger partial charge in [0.1, 0.15) is 0 Å². The molecule has 0 aliphatic carbocycles. The summed E-state index contributed by atoms with van der Waals surface area (Å²) >= 11 is 3.10. The van der Waals surface area contributed by atoms with Crippen LogP contribution in [0.5, 0.6) is 0 Å². The van der Waals surface area contributed by atoms with Crippen LogP contribution in [0.15, 0.2) is 27.6 Å². The third-order valence-electron chi connectivity index (χ3n) is 1.71. The molecule has 1 aromatic carbocycles. The highest BCUT2D eigenvalue weighted by Crippen LogP contribution is 2.22. The summed E-state index contributed by atoms with van der Waals surface area (Å²) in [6, 6.07) is 3.90. The van der Waals surface area contributed by atoms with Crippen molar-refractivity contribution in [3.05, 3.63) is 22.7 Å². The van der Waals surface area contributed by atoms with Gasteiger partial charge in [0, 0.05) is 10.2 Å². The van der Waals surface area contributed by atoms with Gasteiger partial charge >= 0.3 is 0 Å². The van der Waals surface area contributed by atoms with Crippen LogP contribution in [0.25, 0.3) is 0 Å². The van der Waals surface area contributed by atoms with Gasteiger partial charge in [-0.15, -0.1) is 0 Å². The fourth-order valence-electron chi connectivity index (χ4n) is 0.945. The molecule has 0 unspecified atom stereocenters. The van der Waals surface area contributed by atoms with Crippen molar-refractivity contribution in [2.45, 2.75) is 11.3 Å². The van der Waals surface area contributed by atoms with E-state index in [1.165, 1.54) is 18.2 Å². The van der Waals surface area contributed by atoms with Gasteiger partial charge in [0.25, 0.3) is 6.43 Å².